The summed E-state index contributed by atoms with van der Waals surface area (Å²) < 4.78 is 0. The molecule has 2 N–H and O–H groups in total. The highest BCUT2D eigenvalue weighted by Crippen LogP contribution is 2.00. The van der Waals surface area contributed by atoms with E-state index in [1.54, 1.807) is 4.90 Å². The third-order valence-electron chi connectivity index (χ3n) is 3.69. The van der Waals surface area contributed by atoms with E-state index in [1.807, 2.05) is 0 Å². The summed E-state index contributed by atoms with van der Waals surface area (Å²) in [5, 5.41) is 4.23. The fourth-order valence-electron chi connectivity index (χ4n) is 2.49. The molecule has 1 aromatic carbocycles. The standard InChI is InChI=1S/C17H25N3S/c1-15(2)18-17(21)20-13-11-19(12-14-20)10-6-9-16-7-4-3-5-8-16/h3-9,15H,10-14H2,1-2H3,(H,18,21)/p+1/b9-6+. The van der Waals surface area contributed by atoms with Crippen molar-refractivity contribution in [2.24, 2.45) is 0 Å². The molecule has 1 aliphatic heterocycles. The van der Waals surface area contributed by atoms with E-state index in [1.165, 1.54) is 5.56 Å². The van der Waals surface area contributed by atoms with Crippen LogP contribution >= 0.6 is 12.2 Å². The molecule has 1 aromatic rings. The van der Waals surface area contributed by atoms with Crippen LogP contribution < -0.4 is 10.2 Å². The second-order valence-corrected chi connectivity index (χ2v) is 6.25. The molecule has 1 saturated heterocycles. The number of piperazine rings is 1. The highest BCUT2D eigenvalue weighted by molar-refractivity contribution is 7.80. The second kappa shape index (κ2) is 8.15. The minimum absolute atomic E-state index is 0.414. The summed E-state index contributed by atoms with van der Waals surface area (Å²) in [5.41, 5.74) is 1.28. The Morgan fingerprint density at radius 2 is 1.95 bits per heavy atom. The molecular formula is C17H26N3S+. The van der Waals surface area contributed by atoms with Gasteiger partial charge in [-0.25, -0.2) is 0 Å². The molecule has 0 amide bonds. The minimum Gasteiger partial charge on any atom is -0.360 e. The van der Waals surface area contributed by atoms with Gasteiger partial charge in [-0.2, -0.15) is 0 Å². The van der Waals surface area contributed by atoms with Crippen LogP contribution in [0.25, 0.3) is 6.08 Å². The van der Waals surface area contributed by atoms with Gasteiger partial charge >= 0.3 is 0 Å². The molecule has 0 saturated carbocycles. The van der Waals surface area contributed by atoms with Gasteiger partial charge in [0.2, 0.25) is 0 Å². The first kappa shape index (κ1) is 16.0. The number of hydrogen-bond donors (Lipinski definition) is 2. The van der Waals surface area contributed by atoms with Crippen molar-refractivity contribution in [1.29, 1.82) is 0 Å². The van der Waals surface area contributed by atoms with Crippen molar-refractivity contribution in [1.82, 2.24) is 10.2 Å². The number of quaternary nitrogens is 1. The Bertz CT molecular complexity index is 462. The first-order valence-electron chi connectivity index (χ1n) is 7.76. The smallest absolute Gasteiger partial charge is 0.169 e. The van der Waals surface area contributed by atoms with Gasteiger partial charge in [0.15, 0.2) is 5.11 Å². The number of nitrogens with zero attached hydrogens (tertiary/aromatic N) is 1. The van der Waals surface area contributed by atoms with Gasteiger partial charge in [0.25, 0.3) is 0 Å². The Morgan fingerprint density at radius 1 is 1.29 bits per heavy atom. The fraction of sp³-hybridized carbons (Fsp3) is 0.471. The molecule has 0 aliphatic carbocycles. The number of benzene rings is 1. The largest absolute Gasteiger partial charge is 0.360 e. The predicted molar refractivity (Wildman–Crippen MR) is 93.5 cm³/mol. The Hall–Kier alpha value is -1.39. The lowest BCUT2D eigenvalue weighted by molar-refractivity contribution is -0.897. The minimum atomic E-state index is 0.414. The summed E-state index contributed by atoms with van der Waals surface area (Å²) in [5.74, 6) is 0. The third kappa shape index (κ3) is 5.48. The van der Waals surface area contributed by atoms with E-state index in [9.17, 15) is 0 Å². The van der Waals surface area contributed by atoms with E-state index in [0.717, 1.165) is 37.8 Å². The highest BCUT2D eigenvalue weighted by atomic mass is 32.1. The van der Waals surface area contributed by atoms with Crippen molar-refractivity contribution in [3.63, 3.8) is 0 Å². The molecule has 2 rings (SSSR count). The molecule has 0 bridgehead atoms. The van der Waals surface area contributed by atoms with E-state index in [-0.39, 0.29) is 0 Å². The van der Waals surface area contributed by atoms with Crippen LogP contribution in [-0.2, 0) is 0 Å². The van der Waals surface area contributed by atoms with Gasteiger partial charge in [0.05, 0.1) is 32.7 Å². The summed E-state index contributed by atoms with van der Waals surface area (Å²) in [6, 6.07) is 10.9. The molecule has 0 unspecified atom stereocenters. The molecule has 0 atom stereocenters. The molecule has 1 heterocycles. The zero-order valence-corrected chi connectivity index (χ0v) is 13.8. The van der Waals surface area contributed by atoms with Gasteiger partial charge in [-0.15, -0.1) is 0 Å². The maximum absolute atomic E-state index is 5.43. The number of rotatable bonds is 4. The quantitative estimate of drug-likeness (QED) is 0.815. The number of thiocarbonyl (C=S) groups is 1. The normalized spacial score (nSPS) is 16.6. The Morgan fingerprint density at radius 3 is 2.57 bits per heavy atom. The van der Waals surface area contributed by atoms with Crippen LogP contribution in [0.1, 0.15) is 19.4 Å². The van der Waals surface area contributed by atoms with Crippen LogP contribution in [0, 0.1) is 0 Å². The van der Waals surface area contributed by atoms with Crippen LogP contribution in [0.3, 0.4) is 0 Å². The molecular weight excluding hydrogens is 278 g/mol. The zero-order chi connectivity index (χ0) is 15.1. The van der Waals surface area contributed by atoms with Crippen LogP contribution in [0.2, 0.25) is 0 Å². The summed E-state index contributed by atoms with van der Waals surface area (Å²) in [4.78, 5) is 3.92. The van der Waals surface area contributed by atoms with Gasteiger partial charge in [-0.05, 0) is 37.7 Å². The molecule has 0 radical (unpaired) electrons. The zero-order valence-electron chi connectivity index (χ0n) is 13.0. The lowest BCUT2D eigenvalue weighted by atomic mass is 10.2. The maximum Gasteiger partial charge on any atom is 0.169 e. The van der Waals surface area contributed by atoms with Crippen molar-refractivity contribution >= 4 is 23.4 Å². The maximum atomic E-state index is 5.43. The first-order valence-corrected chi connectivity index (χ1v) is 8.16. The lowest BCUT2D eigenvalue weighted by Gasteiger charge is -2.34. The first-order chi connectivity index (χ1) is 10.1. The van der Waals surface area contributed by atoms with Crippen molar-refractivity contribution in [3.05, 3.63) is 42.0 Å². The molecule has 1 aliphatic rings. The van der Waals surface area contributed by atoms with Crippen molar-refractivity contribution in [2.75, 3.05) is 32.7 Å². The van der Waals surface area contributed by atoms with Crippen molar-refractivity contribution in [3.8, 4) is 0 Å². The van der Waals surface area contributed by atoms with Gasteiger partial charge in [-0.1, -0.05) is 36.4 Å². The fourth-order valence-corrected chi connectivity index (χ4v) is 2.91. The topological polar surface area (TPSA) is 19.7 Å². The Balaban J connectivity index is 1.72. The number of hydrogen-bond acceptors (Lipinski definition) is 1. The van der Waals surface area contributed by atoms with E-state index in [0.29, 0.717) is 6.04 Å². The summed E-state index contributed by atoms with van der Waals surface area (Å²) in [7, 11) is 0. The lowest BCUT2D eigenvalue weighted by Crippen LogP contribution is -3.14. The highest BCUT2D eigenvalue weighted by Gasteiger charge is 2.20. The summed E-state index contributed by atoms with van der Waals surface area (Å²) in [6.45, 7) is 9.75. The van der Waals surface area contributed by atoms with Gasteiger partial charge in [0, 0.05) is 6.04 Å². The average molecular weight is 304 g/mol. The van der Waals surface area contributed by atoms with E-state index in [4.69, 9.17) is 12.2 Å². The van der Waals surface area contributed by atoms with Crippen molar-refractivity contribution in [2.45, 2.75) is 19.9 Å². The molecule has 0 aromatic heterocycles. The molecule has 1 fully saturated rings. The average Bonchev–Trinajstić information content (AvgIpc) is 2.48. The molecule has 21 heavy (non-hydrogen) atoms. The molecule has 0 spiro atoms. The Kier molecular flexibility index (Phi) is 6.21. The van der Waals surface area contributed by atoms with Crippen LogP contribution in [-0.4, -0.2) is 48.8 Å². The van der Waals surface area contributed by atoms with Gasteiger partial charge in [0.1, 0.15) is 0 Å². The predicted octanol–water partition coefficient (Wildman–Crippen LogP) is 1.18. The van der Waals surface area contributed by atoms with Crippen LogP contribution in [0.15, 0.2) is 36.4 Å². The van der Waals surface area contributed by atoms with E-state index >= 15 is 0 Å². The second-order valence-electron chi connectivity index (χ2n) is 5.86. The van der Waals surface area contributed by atoms with Crippen LogP contribution in [0.4, 0.5) is 0 Å². The van der Waals surface area contributed by atoms with Gasteiger partial charge < -0.3 is 15.1 Å². The number of nitrogens with one attached hydrogen (secondary N) is 2. The Labute approximate surface area is 133 Å². The van der Waals surface area contributed by atoms with Crippen molar-refractivity contribution < 1.29 is 4.90 Å². The molecule has 3 nitrogen and oxygen atoms in total. The van der Waals surface area contributed by atoms with Gasteiger partial charge in [-0.3, -0.25) is 0 Å². The van der Waals surface area contributed by atoms with E-state index < -0.39 is 0 Å². The summed E-state index contributed by atoms with van der Waals surface area (Å²) >= 11 is 5.43. The summed E-state index contributed by atoms with van der Waals surface area (Å²) in [6.07, 6.45) is 4.50. The molecule has 114 valence electrons. The van der Waals surface area contributed by atoms with E-state index in [2.05, 4.69) is 66.5 Å². The third-order valence-corrected chi connectivity index (χ3v) is 4.06. The van der Waals surface area contributed by atoms with Crippen LogP contribution in [0.5, 0.6) is 0 Å². The molecule has 4 heteroatoms. The SMILES string of the molecule is CC(C)NC(=S)N1CC[NH+](C/C=C/c2ccccc2)CC1. The monoisotopic (exact) mass is 304 g/mol.